The lowest BCUT2D eigenvalue weighted by Crippen LogP contribution is -2.48. The molecule has 1 saturated heterocycles. The molecule has 2 heterocycles. The van der Waals surface area contributed by atoms with Crippen molar-refractivity contribution in [3.05, 3.63) is 58.6 Å². The Kier molecular flexibility index (Phi) is 5.89. The summed E-state index contributed by atoms with van der Waals surface area (Å²) in [7, 11) is 1.50. The molecule has 2 aliphatic rings. The maximum absolute atomic E-state index is 13.7. The van der Waals surface area contributed by atoms with Crippen LogP contribution in [0.25, 0.3) is 0 Å². The van der Waals surface area contributed by atoms with E-state index in [1.807, 2.05) is 0 Å². The number of hydrogen-bond donors (Lipinski definition) is 0. The van der Waals surface area contributed by atoms with Crippen LogP contribution in [0.1, 0.15) is 38.3 Å². The van der Waals surface area contributed by atoms with Gasteiger partial charge in [0.2, 0.25) is 17.7 Å². The van der Waals surface area contributed by atoms with Crippen LogP contribution in [0.15, 0.2) is 42.5 Å². The zero-order valence-electron chi connectivity index (χ0n) is 19.4. The standard InChI is InChI=1S/C25H25ClN2O6/c1-24(2,3)34-21(30)14-27-18-10-9-16(26)11-17(18)25(22(27)31)12-20(29)28(23(25)32)13-15-7-5-6-8-19(15)33-4/h5-11H,12-14H2,1-4H3. The van der Waals surface area contributed by atoms with Crippen LogP contribution in [0, 0.1) is 0 Å². The van der Waals surface area contributed by atoms with Crippen LogP contribution in [0.2, 0.25) is 5.02 Å². The number of carbonyl (C=O) groups excluding carboxylic acids is 4. The number of hydrogen-bond acceptors (Lipinski definition) is 6. The van der Waals surface area contributed by atoms with Gasteiger partial charge in [-0.15, -0.1) is 0 Å². The minimum absolute atomic E-state index is 0.0430. The van der Waals surface area contributed by atoms with E-state index in [2.05, 4.69) is 0 Å². The van der Waals surface area contributed by atoms with Gasteiger partial charge in [0.15, 0.2) is 5.41 Å². The molecule has 0 aliphatic carbocycles. The summed E-state index contributed by atoms with van der Waals surface area (Å²) in [5.41, 5.74) is -1.21. The van der Waals surface area contributed by atoms with Gasteiger partial charge in [0.1, 0.15) is 17.9 Å². The summed E-state index contributed by atoms with van der Waals surface area (Å²) in [6, 6.07) is 11.7. The van der Waals surface area contributed by atoms with Gasteiger partial charge in [-0.1, -0.05) is 29.8 Å². The van der Waals surface area contributed by atoms with Gasteiger partial charge in [-0.25, -0.2) is 0 Å². The number of benzene rings is 2. The summed E-state index contributed by atoms with van der Waals surface area (Å²) < 4.78 is 10.7. The Bertz CT molecular complexity index is 1200. The summed E-state index contributed by atoms with van der Waals surface area (Å²) in [5, 5.41) is 0.313. The van der Waals surface area contributed by atoms with E-state index >= 15 is 0 Å². The predicted molar refractivity (Wildman–Crippen MR) is 124 cm³/mol. The maximum Gasteiger partial charge on any atom is 0.326 e. The van der Waals surface area contributed by atoms with Crippen LogP contribution in [-0.4, -0.2) is 47.8 Å². The second-order valence-corrected chi connectivity index (χ2v) is 9.75. The van der Waals surface area contributed by atoms with E-state index in [-0.39, 0.29) is 19.5 Å². The fourth-order valence-electron chi connectivity index (χ4n) is 4.48. The highest BCUT2D eigenvalue weighted by Crippen LogP contribution is 2.49. The average Bonchev–Trinajstić information content (AvgIpc) is 3.14. The van der Waals surface area contributed by atoms with Crippen LogP contribution in [0.5, 0.6) is 5.75 Å². The van der Waals surface area contributed by atoms with Gasteiger partial charge in [0.05, 0.1) is 20.1 Å². The van der Waals surface area contributed by atoms with Gasteiger partial charge in [0, 0.05) is 21.8 Å². The molecule has 1 atom stereocenters. The molecule has 178 valence electrons. The SMILES string of the molecule is COc1ccccc1CN1C(=O)CC2(C1=O)C(=O)N(CC(=O)OC(C)(C)C)c1ccc(Cl)cc12. The molecule has 2 aromatic rings. The fraction of sp³-hybridized carbons (Fsp3) is 0.360. The molecule has 0 saturated carbocycles. The number of likely N-dealkylation sites (tertiary alicyclic amines) is 1. The lowest BCUT2D eigenvalue weighted by atomic mass is 9.80. The van der Waals surface area contributed by atoms with Crippen LogP contribution in [-0.2, 0) is 35.9 Å². The van der Waals surface area contributed by atoms with Gasteiger partial charge in [-0.2, -0.15) is 0 Å². The number of methoxy groups -OCH3 is 1. The lowest BCUT2D eigenvalue weighted by molar-refractivity contribution is -0.154. The first-order valence-electron chi connectivity index (χ1n) is 10.8. The number of carbonyl (C=O) groups is 4. The Morgan fingerprint density at radius 2 is 1.74 bits per heavy atom. The summed E-state index contributed by atoms with van der Waals surface area (Å²) >= 11 is 6.22. The Morgan fingerprint density at radius 1 is 1.06 bits per heavy atom. The second-order valence-electron chi connectivity index (χ2n) is 9.32. The number of nitrogens with zero attached hydrogens (tertiary/aromatic N) is 2. The monoisotopic (exact) mass is 484 g/mol. The summed E-state index contributed by atoms with van der Waals surface area (Å²) in [4.78, 5) is 55.4. The van der Waals surface area contributed by atoms with Crippen LogP contribution < -0.4 is 9.64 Å². The average molecular weight is 485 g/mol. The largest absolute Gasteiger partial charge is 0.496 e. The highest BCUT2D eigenvalue weighted by molar-refractivity contribution is 6.32. The van der Waals surface area contributed by atoms with Crippen molar-refractivity contribution in [1.29, 1.82) is 0 Å². The first-order valence-corrected chi connectivity index (χ1v) is 11.2. The number of para-hydroxylation sites is 1. The normalized spacial score (nSPS) is 19.7. The Morgan fingerprint density at radius 3 is 2.41 bits per heavy atom. The summed E-state index contributed by atoms with van der Waals surface area (Å²) in [6.07, 6.45) is -0.349. The molecule has 34 heavy (non-hydrogen) atoms. The molecule has 0 bridgehead atoms. The van der Waals surface area contributed by atoms with E-state index in [1.165, 1.54) is 18.1 Å². The van der Waals surface area contributed by atoms with Crippen molar-refractivity contribution in [2.75, 3.05) is 18.6 Å². The molecule has 9 heteroatoms. The van der Waals surface area contributed by atoms with Gasteiger partial charge in [-0.05, 0) is 45.0 Å². The molecular formula is C25H25ClN2O6. The van der Waals surface area contributed by atoms with Crippen molar-refractivity contribution in [2.24, 2.45) is 0 Å². The number of amides is 3. The molecular weight excluding hydrogens is 460 g/mol. The van der Waals surface area contributed by atoms with Crippen molar-refractivity contribution in [3.8, 4) is 5.75 Å². The number of esters is 1. The number of fused-ring (bicyclic) bond motifs is 2. The topological polar surface area (TPSA) is 93.2 Å². The van der Waals surface area contributed by atoms with Gasteiger partial charge >= 0.3 is 5.97 Å². The lowest BCUT2D eigenvalue weighted by Gasteiger charge is -2.24. The van der Waals surface area contributed by atoms with E-state index in [4.69, 9.17) is 21.1 Å². The number of imide groups is 1. The highest BCUT2D eigenvalue weighted by Gasteiger charge is 2.64. The van der Waals surface area contributed by atoms with E-state index in [1.54, 1.807) is 57.2 Å². The molecule has 2 aliphatic heterocycles. The van der Waals surface area contributed by atoms with E-state index in [0.29, 0.717) is 27.6 Å². The number of anilines is 1. The van der Waals surface area contributed by atoms with Gasteiger partial charge in [-0.3, -0.25) is 29.0 Å². The fourth-order valence-corrected chi connectivity index (χ4v) is 4.66. The second kappa shape index (κ2) is 8.43. The van der Waals surface area contributed by atoms with Crippen molar-refractivity contribution < 1.29 is 28.7 Å². The third-order valence-electron chi connectivity index (χ3n) is 5.88. The number of ether oxygens (including phenoxy) is 2. The van der Waals surface area contributed by atoms with Crippen LogP contribution >= 0.6 is 11.6 Å². The molecule has 0 N–H and O–H groups in total. The Hall–Kier alpha value is -3.39. The first kappa shape index (κ1) is 23.8. The Balaban J connectivity index is 1.72. The summed E-state index contributed by atoms with van der Waals surface area (Å²) in [6.45, 7) is 4.74. The number of halogens is 1. The third-order valence-corrected chi connectivity index (χ3v) is 6.11. The summed E-state index contributed by atoms with van der Waals surface area (Å²) in [5.74, 6) is -1.88. The molecule has 3 amide bonds. The molecule has 8 nitrogen and oxygen atoms in total. The quantitative estimate of drug-likeness (QED) is 0.367. The third kappa shape index (κ3) is 3.92. The van der Waals surface area contributed by atoms with Crippen molar-refractivity contribution in [2.45, 2.75) is 44.8 Å². The van der Waals surface area contributed by atoms with Crippen molar-refractivity contribution in [1.82, 2.24) is 4.90 Å². The minimum Gasteiger partial charge on any atom is -0.496 e. The molecule has 0 radical (unpaired) electrons. The smallest absolute Gasteiger partial charge is 0.326 e. The van der Waals surface area contributed by atoms with E-state index < -0.39 is 34.7 Å². The number of rotatable bonds is 5. The zero-order chi connectivity index (χ0) is 24.8. The highest BCUT2D eigenvalue weighted by atomic mass is 35.5. The Labute approximate surface area is 202 Å². The van der Waals surface area contributed by atoms with Crippen molar-refractivity contribution >= 4 is 41.0 Å². The van der Waals surface area contributed by atoms with Gasteiger partial charge in [0.25, 0.3) is 0 Å². The van der Waals surface area contributed by atoms with Crippen LogP contribution in [0.3, 0.4) is 0 Å². The molecule has 2 aromatic carbocycles. The van der Waals surface area contributed by atoms with Crippen LogP contribution in [0.4, 0.5) is 5.69 Å². The van der Waals surface area contributed by atoms with E-state index in [0.717, 1.165) is 4.90 Å². The van der Waals surface area contributed by atoms with Crippen molar-refractivity contribution in [3.63, 3.8) is 0 Å². The zero-order valence-corrected chi connectivity index (χ0v) is 20.1. The molecule has 0 aromatic heterocycles. The molecule has 1 fully saturated rings. The van der Waals surface area contributed by atoms with E-state index in [9.17, 15) is 19.2 Å². The molecule has 1 unspecified atom stereocenters. The first-order chi connectivity index (χ1) is 16.0. The molecule has 1 spiro atoms. The minimum atomic E-state index is -1.78. The predicted octanol–water partition coefficient (Wildman–Crippen LogP) is 3.23. The van der Waals surface area contributed by atoms with Gasteiger partial charge < -0.3 is 9.47 Å². The molecule has 4 rings (SSSR count). The maximum atomic E-state index is 13.7.